The van der Waals surface area contributed by atoms with E-state index in [1.807, 2.05) is 29.2 Å². The highest BCUT2D eigenvalue weighted by atomic mass is 32.2. The molecule has 28 heavy (non-hydrogen) atoms. The Morgan fingerprint density at radius 1 is 1.07 bits per heavy atom. The number of benzene rings is 1. The standard InChI is InChI=1S/C20H22N4O3S/c1-2-24-16-7-4-3-6-15(16)21-20(24)28-14-18(25)22-9-11-23(12-10-22)19(26)17-8-5-13-27-17/h3-8,13H,2,9-12,14H2,1H3. The fourth-order valence-electron chi connectivity index (χ4n) is 3.40. The van der Waals surface area contributed by atoms with Crippen LogP contribution in [0.1, 0.15) is 17.5 Å². The van der Waals surface area contributed by atoms with Gasteiger partial charge in [-0.15, -0.1) is 0 Å². The van der Waals surface area contributed by atoms with Gasteiger partial charge in [0.1, 0.15) is 0 Å². The van der Waals surface area contributed by atoms with Crippen LogP contribution in [0.25, 0.3) is 11.0 Å². The number of thioether (sulfide) groups is 1. The molecule has 2 amide bonds. The summed E-state index contributed by atoms with van der Waals surface area (Å²) in [5.74, 6) is 0.636. The Morgan fingerprint density at radius 2 is 1.82 bits per heavy atom. The quantitative estimate of drug-likeness (QED) is 0.618. The third-order valence-electron chi connectivity index (χ3n) is 4.91. The topological polar surface area (TPSA) is 71.6 Å². The Morgan fingerprint density at radius 3 is 2.54 bits per heavy atom. The molecule has 146 valence electrons. The van der Waals surface area contributed by atoms with Gasteiger partial charge < -0.3 is 18.8 Å². The van der Waals surface area contributed by atoms with E-state index in [4.69, 9.17) is 4.42 Å². The number of hydrogen-bond donors (Lipinski definition) is 0. The lowest BCUT2D eigenvalue weighted by molar-refractivity contribution is -0.129. The minimum atomic E-state index is -0.122. The summed E-state index contributed by atoms with van der Waals surface area (Å²) in [4.78, 5) is 33.2. The van der Waals surface area contributed by atoms with Crippen molar-refractivity contribution in [3.8, 4) is 0 Å². The van der Waals surface area contributed by atoms with Gasteiger partial charge in [0.2, 0.25) is 5.91 Å². The van der Waals surface area contributed by atoms with E-state index in [0.29, 0.717) is 37.7 Å². The molecule has 3 heterocycles. The number of nitrogens with zero attached hydrogens (tertiary/aromatic N) is 4. The zero-order valence-electron chi connectivity index (χ0n) is 15.7. The minimum absolute atomic E-state index is 0.0739. The summed E-state index contributed by atoms with van der Waals surface area (Å²) in [6.45, 7) is 5.00. The highest BCUT2D eigenvalue weighted by Gasteiger charge is 2.26. The summed E-state index contributed by atoms with van der Waals surface area (Å²) in [5.41, 5.74) is 2.04. The molecular formula is C20H22N4O3S. The molecule has 2 aromatic heterocycles. The molecule has 1 aliphatic rings. The number of amides is 2. The number of aryl methyl sites for hydroxylation is 1. The third-order valence-corrected chi connectivity index (χ3v) is 5.87. The number of aromatic nitrogens is 2. The van der Waals surface area contributed by atoms with Crippen molar-refractivity contribution in [1.29, 1.82) is 0 Å². The average molecular weight is 398 g/mol. The van der Waals surface area contributed by atoms with Crippen molar-refractivity contribution in [2.75, 3.05) is 31.9 Å². The summed E-state index contributed by atoms with van der Waals surface area (Å²) >= 11 is 1.47. The number of carbonyl (C=O) groups is 2. The summed E-state index contributed by atoms with van der Waals surface area (Å²) in [5, 5.41) is 0.865. The van der Waals surface area contributed by atoms with Gasteiger partial charge in [0.15, 0.2) is 10.9 Å². The molecule has 0 atom stereocenters. The van der Waals surface area contributed by atoms with Crippen LogP contribution in [0.2, 0.25) is 0 Å². The molecule has 8 heteroatoms. The summed E-state index contributed by atoms with van der Waals surface area (Å²) in [6, 6.07) is 11.4. The van der Waals surface area contributed by atoms with E-state index in [-0.39, 0.29) is 11.8 Å². The van der Waals surface area contributed by atoms with Gasteiger partial charge in [-0.05, 0) is 31.2 Å². The Hall–Kier alpha value is -2.74. The summed E-state index contributed by atoms with van der Waals surface area (Å²) in [6.07, 6.45) is 1.49. The first-order valence-electron chi connectivity index (χ1n) is 9.36. The molecule has 1 saturated heterocycles. The second-order valence-corrected chi connectivity index (χ2v) is 7.51. The number of hydrogen-bond acceptors (Lipinski definition) is 5. The molecule has 4 rings (SSSR count). The van der Waals surface area contributed by atoms with Crippen molar-refractivity contribution in [1.82, 2.24) is 19.4 Å². The van der Waals surface area contributed by atoms with Gasteiger partial charge in [-0.3, -0.25) is 9.59 Å². The lowest BCUT2D eigenvalue weighted by Crippen LogP contribution is -2.51. The maximum Gasteiger partial charge on any atom is 0.289 e. The van der Waals surface area contributed by atoms with Crippen LogP contribution in [0.4, 0.5) is 0 Å². The molecule has 0 unspecified atom stereocenters. The molecule has 1 aromatic carbocycles. The Labute approximate surface area is 167 Å². The summed E-state index contributed by atoms with van der Waals surface area (Å²) < 4.78 is 7.30. The molecule has 0 radical (unpaired) electrons. The molecular weight excluding hydrogens is 376 g/mol. The van der Waals surface area contributed by atoms with Crippen LogP contribution in [0, 0.1) is 0 Å². The molecule has 0 spiro atoms. The maximum atomic E-state index is 12.6. The molecule has 0 bridgehead atoms. The fraction of sp³-hybridized carbons (Fsp3) is 0.350. The van der Waals surface area contributed by atoms with Crippen LogP contribution >= 0.6 is 11.8 Å². The van der Waals surface area contributed by atoms with Crippen LogP contribution in [-0.2, 0) is 11.3 Å². The minimum Gasteiger partial charge on any atom is -0.459 e. The van der Waals surface area contributed by atoms with Crippen molar-refractivity contribution in [3.63, 3.8) is 0 Å². The molecule has 7 nitrogen and oxygen atoms in total. The van der Waals surface area contributed by atoms with Gasteiger partial charge >= 0.3 is 0 Å². The second kappa shape index (κ2) is 8.10. The highest BCUT2D eigenvalue weighted by molar-refractivity contribution is 7.99. The van der Waals surface area contributed by atoms with Crippen molar-refractivity contribution >= 4 is 34.6 Å². The first kappa shape index (κ1) is 18.6. The monoisotopic (exact) mass is 398 g/mol. The van der Waals surface area contributed by atoms with Gasteiger partial charge in [-0.25, -0.2) is 4.98 Å². The lowest BCUT2D eigenvalue weighted by atomic mass is 10.3. The smallest absolute Gasteiger partial charge is 0.289 e. The van der Waals surface area contributed by atoms with Gasteiger partial charge in [0.05, 0.1) is 23.0 Å². The number of furan rings is 1. The second-order valence-electron chi connectivity index (χ2n) is 6.57. The normalized spacial score (nSPS) is 14.6. The number of rotatable bonds is 5. The van der Waals surface area contributed by atoms with Crippen molar-refractivity contribution in [2.45, 2.75) is 18.6 Å². The Balaban J connectivity index is 1.33. The van der Waals surface area contributed by atoms with Crippen molar-refractivity contribution in [2.24, 2.45) is 0 Å². The van der Waals surface area contributed by atoms with E-state index in [9.17, 15) is 9.59 Å². The van der Waals surface area contributed by atoms with E-state index >= 15 is 0 Å². The van der Waals surface area contributed by atoms with Gasteiger partial charge in [-0.2, -0.15) is 0 Å². The van der Waals surface area contributed by atoms with Gasteiger partial charge in [-0.1, -0.05) is 23.9 Å². The van der Waals surface area contributed by atoms with Crippen LogP contribution in [0.15, 0.2) is 52.2 Å². The predicted octanol–water partition coefficient (Wildman–Crippen LogP) is 2.73. The molecule has 3 aromatic rings. The Kier molecular flexibility index (Phi) is 5.38. The highest BCUT2D eigenvalue weighted by Crippen LogP contribution is 2.24. The SMILES string of the molecule is CCn1c(SCC(=O)N2CCN(C(=O)c3ccco3)CC2)nc2ccccc21. The van der Waals surface area contributed by atoms with E-state index in [2.05, 4.69) is 16.5 Å². The maximum absolute atomic E-state index is 12.6. The number of fused-ring (bicyclic) bond motifs is 1. The van der Waals surface area contributed by atoms with E-state index in [0.717, 1.165) is 22.7 Å². The fourth-order valence-corrected chi connectivity index (χ4v) is 4.38. The van der Waals surface area contributed by atoms with Gasteiger partial charge in [0.25, 0.3) is 5.91 Å². The van der Waals surface area contributed by atoms with E-state index < -0.39 is 0 Å². The number of para-hydroxylation sites is 2. The lowest BCUT2D eigenvalue weighted by Gasteiger charge is -2.34. The van der Waals surface area contributed by atoms with E-state index in [1.165, 1.54) is 18.0 Å². The first-order chi connectivity index (χ1) is 13.7. The predicted molar refractivity (Wildman–Crippen MR) is 107 cm³/mol. The molecule has 1 aliphatic heterocycles. The average Bonchev–Trinajstić information content (AvgIpc) is 3.39. The molecule has 0 saturated carbocycles. The van der Waals surface area contributed by atoms with Crippen LogP contribution in [0.3, 0.4) is 0 Å². The van der Waals surface area contributed by atoms with Crippen LogP contribution in [0.5, 0.6) is 0 Å². The summed E-state index contributed by atoms with van der Waals surface area (Å²) in [7, 11) is 0. The third kappa shape index (κ3) is 3.64. The zero-order valence-corrected chi connectivity index (χ0v) is 16.5. The Bertz CT molecular complexity index is 975. The van der Waals surface area contributed by atoms with Crippen LogP contribution in [-0.4, -0.2) is 63.1 Å². The number of carbonyl (C=O) groups excluding carboxylic acids is 2. The first-order valence-corrected chi connectivity index (χ1v) is 10.3. The van der Waals surface area contributed by atoms with Crippen molar-refractivity contribution in [3.05, 3.63) is 48.4 Å². The number of piperazine rings is 1. The number of imidazole rings is 1. The zero-order chi connectivity index (χ0) is 19.5. The van der Waals surface area contributed by atoms with Crippen LogP contribution < -0.4 is 0 Å². The largest absolute Gasteiger partial charge is 0.459 e. The van der Waals surface area contributed by atoms with Gasteiger partial charge in [0, 0.05) is 32.7 Å². The van der Waals surface area contributed by atoms with E-state index in [1.54, 1.807) is 17.0 Å². The molecule has 0 N–H and O–H groups in total. The molecule has 1 fully saturated rings. The van der Waals surface area contributed by atoms with Crippen molar-refractivity contribution < 1.29 is 14.0 Å². The molecule has 0 aliphatic carbocycles.